The first-order valence-corrected chi connectivity index (χ1v) is 7.33. The Hall–Kier alpha value is -0.380. The van der Waals surface area contributed by atoms with Crippen molar-refractivity contribution in [2.45, 2.75) is 51.7 Å². The van der Waals surface area contributed by atoms with Crippen LogP contribution in [-0.2, 0) is 0 Å². The molecule has 1 atom stereocenters. The molecule has 96 valence electrons. The molecule has 0 aromatic carbocycles. The van der Waals surface area contributed by atoms with Crippen LogP contribution in [0.4, 0.5) is 0 Å². The molecule has 17 heavy (non-hydrogen) atoms. The molecule has 1 aromatic heterocycles. The van der Waals surface area contributed by atoms with E-state index in [0.29, 0.717) is 0 Å². The first-order chi connectivity index (χ1) is 8.01. The third-order valence-corrected chi connectivity index (χ3v) is 4.92. The van der Waals surface area contributed by atoms with Gasteiger partial charge in [-0.25, -0.2) is 0 Å². The monoisotopic (exact) mass is 253 g/mol. The van der Waals surface area contributed by atoms with Crippen molar-refractivity contribution in [3.05, 3.63) is 21.9 Å². The maximum Gasteiger partial charge on any atom is 0.106 e. The zero-order valence-corrected chi connectivity index (χ0v) is 11.9. The standard InChI is InChI=1S/C14H23NOS/c1-11-7-8-12(17-11)13(16)14(2,3)15-9-5-4-6-10-15/h7-8,13,16H,4-6,9-10H2,1-3H3. The van der Waals surface area contributed by atoms with Crippen molar-refractivity contribution >= 4 is 11.3 Å². The number of hydrogen-bond donors (Lipinski definition) is 1. The number of likely N-dealkylation sites (tertiary alicyclic amines) is 1. The molecule has 0 spiro atoms. The van der Waals surface area contributed by atoms with E-state index in [0.717, 1.165) is 18.0 Å². The van der Waals surface area contributed by atoms with Gasteiger partial charge in [-0.05, 0) is 58.8 Å². The second-order valence-corrected chi connectivity index (χ2v) is 6.87. The molecule has 3 heteroatoms. The zero-order chi connectivity index (χ0) is 12.5. The van der Waals surface area contributed by atoms with Gasteiger partial charge in [-0.1, -0.05) is 6.42 Å². The molecule has 0 radical (unpaired) electrons. The molecule has 0 bridgehead atoms. The average molecular weight is 253 g/mol. The Morgan fingerprint density at radius 2 is 1.88 bits per heavy atom. The second kappa shape index (κ2) is 5.09. The number of piperidine rings is 1. The third kappa shape index (κ3) is 2.72. The van der Waals surface area contributed by atoms with Gasteiger partial charge in [0.15, 0.2) is 0 Å². The highest BCUT2D eigenvalue weighted by molar-refractivity contribution is 7.12. The number of hydrogen-bond acceptors (Lipinski definition) is 3. The normalized spacial score (nSPS) is 20.5. The molecule has 0 aliphatic carbocycles. The molecule has 1 aliphatic heterocycles. The highest BCUT2D eigenvalue weighted by Gasteiger charge is 2.36. The lowest BCUT2D eigenvalue weighted by Crippen LogP contribution is -2.50. The predicted octanol–water partition coefficient (Wildman–Crippen LogP) is 3.35. The Labute approximate surface area is 108 Å². The van der Waals surface area contributed by atoms with Gasteiger partial charge in [0, 0.05) is 15.3 Å². The molecular weight excluding hydrogens is 230 g/mol. The zero-order valence-electron chi connectivity index (χ0n) is 11.1. The third-order valence-electron chi connectivity index (χ3n) is 3.87. The van der Waals surface area contributed by atoms with Crippen molar-refractivity contribution in [3.8, 4) is 0 Å². The van der Waals surface area contributed by atoms with Crippen LogP contribution in [0.5, 0.6) is 0 Å². The van der Waals surface area contributed by atoms with Crippen LogP contribution in [0.15, 0.2) is 12.1 Å². The predicted molar refractivity (Wildman–Crippen MR) is 73.5 cm³/mol. The number of rotatable bonds is 3. The van der Waals surface area contributed by atoms with Crippen molar-refractivity contribution in [2.24, 2.45) is 0 Å². The van der Waals surface area contributed by atoms with E-state index in [1.54, 1.807) is 11.3 Å². The van der Waals surface area contributed by atoms with Crippen molar-refractivity contribution in [1.29, 1.82) is 0 Å². The van der Waals surface area contributed by atoms with Gasteiger partial charge in [0.1, 0.15) is 6.10 Å². The Balaban J connectivity index is 2.13. The molecule has 1 fully saturated rings. The summed E-state index contributed by atoms with van der Waals surface area (Å²) in [6.45, 7) is 8.66. The van der Waals surface area contributed by atoms with Crippen LogP contribution in [-0.4, -0.2) is 28.6 Å². The first-order valence-electron chi connectivity index (χ1n) is 6.51. The van der Waals surface area contributed by atoms with Gasteiger partial charge in [0.2, 0.25) is 0 Å². The van der Waals surface area contributed by atoms with E-state index >= 15 is 0 Å². The fourth-order valence-corrected chi connectivity index (χ4v) is 3.64. The van der Waals surface area contributed by atoms with Gasteiger partial charge < -0.3 is 5.11 Å². The average Bonchev–Trinajstić information content (AvgIpc) is 2.76. The summed E-state index contributed by atoms with van der Waals surface area (Å²) in [6, 6.07) is 4.16. The van der Waals surface area contributed by atoms with Gasteiger partial charge in [0.05, 0.1) is 0 Å². The first kappa shape index (κ1) is 13.1. The molecule has 1 unspecified atom stereocenters. The van der Waals surface area contributed by atoms with E-state index in [4.69, 9.17) is 0 Å². The van der Waals surface area contributed by atoms with Crippen LogP contribution in [0.2, 0.25) is 0 Å². The van der Waals surface area contributed by atoms with Crippen LogP contribution in [0.1, 0.15) is 49.0 Å². The fourth-order valence-electron chi connectivity index (χ4n) is 2.59. The summed E-state index contributed by atoms with van der Waals surface area (Å²) in [5.41, 5.74) is -0.155. The second-order valence-electron chi connectivity index (χ2n) is 5.55. The molecule has 1 N–H and O–H groups in total. The summed E-state index contributed by atoms with van der Waals surface area (Å²) in [5, 5.41) is 10.6. The van der Waals surface area contributed by atoms with Crippen molar-refractivity contribution in [1.82, 2.24) is 4.90 Å². The minimum absolute atomic E-state index is 0.155. The minimum atomic E-state index is -0.376. The number of aliphatic hydroxyl groups is 1. The molecule has 1 aromatic rings. The van der Waals surface area contributed by atoms with Gasteiger partial charge in [0.25, 0.3) is 0 Å². The lowest BCUT2D eigenvalue weighted by Gasteiger charge is -2.43. The van der Waals surface area contributed by atoms with Crippen LogP contribution in [0, 0.1) is 6.92 Å². The molecule has 1 aliphatic rings. The van der Waals surface area contributed by atoms with Gasteiger partial charge in [-0.2, -0.15) is 0 Å². The number of nitrogens with zero attached hydrogens (tertiary/aromatic N) is 1. The van der Waals surface area contributed by atoms with Crippen LogP contribution in [0.25, 0.3) is 0 Å². The molecule has 2 heterocycles. The Morgan fingerprint density at radius 3 is 2.41 bits per heavy atom. The van der Waals surface area contributed by atoms with Crippen LogP contribution < -0.4 is 0 Å². The lowest BCUT2D eigenvalue weighted by molar-refractivity contribution is -0.0190. The lowest BCUT2D eigenvalue weighted by atomic mass is 9.91. The van der Waals surface area contributed by atoms with Crippen LogP contribution in [0.3, 0.4) is 0 Å². The molecule has 0 saturated carbocycles. The summed E-state index contributed by atoms with van der Waals surface area (Å²) in [6.07, 6.45) is 3.49. The van der Waals surface area contributed by atoms with Crippen molar-refractivity contribution in [3.63, 3.8) is 0 Å². The quantitative estimate of drug-likeness (QED) is 0.893. The van der Waals surface area contributed by atoms with E-state index in [-0.39, 0.29) is 11.6 Å². The summed E-state index contributed by atoms with van der Waals surface area (Å²) in [5.74, 6) is 0. The smallest absolute Gasteiger partial charge is 0.106 e. The highest BCUT2D eigenvalue weighted by atomic mass is 32.1. The fraction of sp³-hybridized carbons (Fsp3) is 0.714. The highest BCUT2D eigenvalue weighted by Crippen LogP contribution is 2.35. The van der Waals surface area contributed by atoms with E-state index in [1.807, 2.05) is 0 Å². The maximum atomic E-state index is 10.6. The molecule has 0 amide bonds. The summed E-state index contributed by atoms with van der Waals surface area (Å²) in [7, 11) is 0. The van der Waals surface area contributed by atoms with Crippen LogP contribution >= 0.6 is 11.3 Å². The van der Waals surface area contributed by atoms with E-state index in [2.05, 4.69) is 37.8 Å². The molecule has 1 saturated heterocycles. The van der Waals surface area contributed by atoms with Crippen molar-refractivity contribution in [2.75, 3.05) is 13.1 Å². The number of aryl methyl sites for hydroxylation is 1. The summed E-state index contributed by atoms with van der Waals surface area (Å²) >= 11 is 1.71. The molecule has 2 rings (SSSR count). The van der Waals surface area contributed by atoms with Gasteiger partial charge in [-0.15, -0.1) is 11.3 Å². The minimum Gasteiger partial charge on any atom is -0.386 e. The summed E-state index contributed by atoms with van der Waals surface area (Å²) in [4.78, 5) is 4.81. The van der Waals surface area contributed by atoms with E-state index in [1.165, 1.54) is 24.1 Å². The number of aliphatic hydroxyl groups excluding tert-OH is 1. The van der Waals surface area contributed by atoms with Gasteiger partial charge in [-0.3, -0.25) is 4.90 Å². The molecule has 2 nitrogen and oxygen atoms in total. The maximum absolute atomic E-state index is 10.6. The number of thiophene rings is 1. The molecular formula is C14H23NOS. The largest absolute Gasteiger partial charge is 0.386 e. The SMILES string of the molecule is Cc1ccc(C(O)C(C)(C)N2CCCCC2)s1. The Bertz CT molecular complexity index is 366. The van der Waals surface area contributed by atoms with Gasteiger partial charge >= 0.3 is 0 Å². The Morgan fingerprint density at radius 1 is 1.24 bits per heavy atom. The van der Waals surface area contributed by atoms with E-state index in [9.17, 15) is 5.11 Å². The topological polar surface area (TPSA) is 23.5 Å². The Kier molecular flexibility index (Phi) is 3.91. The summed E-state index contributed by atoms with van der Waals surface area (Å²) < 4.78 is 0. The van der Waals surface area contributed by atoms with E-state index < -0.39 is 0 Å². The van der Waals surface area contributed by atoms with Crippen molar-refractivity contribution < 1.29 is 5.11 Å².